The Bertz CT molecular complexity index is 3320. The molecule has 0 saturated carbocycles. The average Bonchev–Trinajstić information content (AvgIpc) is 3.35. The van der Waals surface area contributed by atoms with Crippen LogP contribution in [0.25, 0.3) is 65.4 Å². The molecule has 0 spiro atoms. The van der Waals surface area contributed by atoms with Gasteiger partial charge in [0.15, 0.2) is 0 Å². The highest BCUT2D eigenvalue weighted by Gasteiger charge is 2.39. The summed E-state index contributed by atoms with van der Waals surface area (Å²) in [5.41, 5.74) is 13.8. The third-order valence-electron chi connectivity index (χ3n) is 10.5. The number of aliphatic carboxylic acids is 2. The number of benzene rings is 6. The lowest BCUT2D eigenvalue weighted by atomic mass is 10.1. The van der Waals surface area contributed by atoms with Crippen LogP contribution in [0.1, 0.15) is 0 Å². The molecule has 73 heavy (non-hydrogen) atoms. The number of carboxylic acid groups (broad SMARTS) is 2. The van der Waals surface area contributed by atoms with Gasteiger partial charge in [0.1, 0.15) is 17.2 Å². The number of nitrogens with one attached hydrogen (secondary N) is 3. The van der Waals surface area contributed by atoms with E-state index in [9.17, 15) is 26.3 Å². The van der Waals surface area contributed by atoms with Crippen molar-refractivity contribution in [3.63, 3.8) is 0 Å². The van der Waals surface area contributed by atoms with Crippen molar-refractivity contribution < 1.29 is 60.4 Å². The van der Waals surface area contributed by atoms with E-state index < -0.39 is 24.3 Å². The molecule has 0 amide bonds. The van der Waals surface area contributed by atoms with E-state index in [1.54, 1.807) is 21.3 Å². The maximum absolute atomic E-state index is 10.6. The van der Waals surface area contributed by atoms with Gasteiger partial charge >= 0.3 is 24.3 Å². The van der Waals surface area contributed by atoms with Gasteiger partial charge in [-0.15, -0.1) is 0 Å². The maximum atomic E-state index is 10.6. The summed E-state index contributed by atoms with van der Waals surface area (Å²) in [6.07, 6.45) is -10.2. The summed E-state index contributed by atoms with van der Waals surface area (Å²) >= 11 is 18.6. The van der Waals surface area contributed by atoms with E-state index in [4.69, 9.17) is 84.5 Å². The van der Waals surface area contributed by atoms with Crippen molar-refractivity contribution in [1.82, 2.24) is 15.0 Å². The number of alkyl halides is 6. The van der Waals surface area contributed by atoms with Gasteiger partial charge in [-0.05, 0) is 109 Å². The van der Waals surface area contributed by atoms with E-state index >= 15 is 0 Å². The van der Waals surface area contributed by atoms with Crippen LogP contribution in [-0.4, -0.2) is 97.0 Å². The summed E-state index contributed by atoms with van der Waals surface area (Å²) in [6, 6.07) is 34.8. The molecule has 9 aromatic rings. The molecule has 0 fully saturated rings. The monoisotopic (exact) mass is 1070 g/mol. The van der Waals surface area contributed by atoms with Crippen molar-refractivity contribution in [3.05, 3.63) is 124 Å². The number of aromatic nitrogens is 3. The maximum Gasteiger partial charge on any atom is 0.490 e. The number of methoxy groups -OCH3 is 3. The number of carboxylic acids is 2. The largest absolute Gasteiger partial charge is 0.497 e. The second kappa shape index (κ2) is 23.8. The topological polar surface area (TPSA) is 203 Å². The summed E-state index contributed by atoms with van der Waals surface area (Å²) < 4.78 is 79.8. The quantitative estimate of drug-likeness (QED) is 0.0405. The summed E-state index contributed by atoms with van der Waals surface area (Å²) in [4.78, 5) is 32.1. The fourth-order valence-electron chi connectivity index (χ4n) is 7.21. The predicted octanol–water partition coefficient (Wildman–Crippen LogP) is 12.6. The van der Waals surface area contributed by atoms with Crippen molar-refractivity contribution in [2.45, 2.75) is 12.4 Å². The summed E-state index contributed by atoms with van der Waals surface area (Å²) in [7, 11) is 4.98. The van der Waals surface area contributed by atoms with Crippen LogP contribution in [0.2, 0.25) is 15.1 Å². The third kappa shape index (κ3) is 13.7. The highest BCUT2D eigenvalue weighted by atomic mass is 35.5. The SMILES string of the molecule is COc1ccc2nc3cc(Cl)ccc3c(NCCN)c2c1.COc1ccc2nc3cc(Cl)ccc3c(NCCNc3c4ccc(Cl)cc4nc4ccc(OC)cc34)c2c1.O=C(O)C(F)(F)F.O=C(O)C(F)(F)F. The van der Waals surface area contributed by atoms with E-state index in [0.717, 1.165) is 99.7 Å². The normalized spacial score (nSPS) is 11.2. The summed E-state index contributed by atoms with van der Waals surface area (Å²) in [5.74, 6) is -3.17. The van der Waals surface area contributed by atoms with Crippen LogP contribution in [0.4, 0.5) is 43.4 Å². The van der Waals surface area contributed by atoms with Crippen LogP contribution < -0.4 is 35.9 Å². The number of nitrogens with zero attached hydrogens (tertiary/aromatic N) is 3. The fraction of sp³-hybridized carbons (Fsp3) is 0.180. The highest BCUT2D eigenvalue weighted by Crippen LogP contribution is 2.37. The Kier molecular flexibility index (Phi) is 17.9. The number of ether oxygens (including phenoxy) is 3. The molecule has 23 heteroatoms. The molecule has 14 nitrogen and oxygen atoms in total. The highest BCUT2D eigenvalue weighted by molar-refractivity contribution is 6.32. The Morgan fingerprint density at radius 1 is 0.466 bits per heavy atom. The van der Waals surface area contributed by atoms with Gasteiger partial charge in [0.25, 0.3) is 0 Å². The molecule has 0 aliphatic carbocycles. The molecule has 0 bridgehead atoms. The molecule has 6 aromatic carbocycles. The minimum absolute atomic E-state index is 0.558. The Labute approximate surface area is 425 Å². The molecule has 0 atom stereocenters. The Morgan fingerprint density at radius 3 is 0.986 bits per heavy atom. The number of anilines is 3. The smallest absolute Gasteiger partial charge is 0.490 e. The van der Waals surface area contributed by atoms with E-state index in [-0.39, 0.29) is 0 Å². The first-order valence-corrected chi connectivity index (χ1v) is 22.5. The van der Waals surface area contributed by atoms with E-state index in [0.29, 0.717) is 41.2 Å². The minimum Gasteiger partial charge on any atom is -0.497 e. The van der Waals surface area contributed by atoms with Crippen molar-refractivity contribution in [1.29, 1.82) is 0 Å². The van der Waals surface area contributed by atoms with Crippen molar-refractivity contribution in [2.24, 2.45) is 5.73 Å². The van der Waals surface area contributed by atoms with Gasteiger partial charge in [0.2, 0.25) is 0 Å². The number of hydrogen-bond acceptors (Lipinski definition) is 12. The molecule has 0 aliphatic heterocycles. The van der Waals surface area contributed by atoms with Gasteiger partial charge in [-0.25, -0.2) is 24.5 Å². The molecule has 0 saturated heterocycles. The lowest BCUT2D eigenvalue weighted by Crippen LogP contribution is -2.21. The van der Waals surface area contributed by atoms with Gasteiger partial charge < -0.3 is 46.1 Å². The van der Waals surface area contributed by atoms with E-state index in [1.165, 1.54) is 0 Å². The van der Waals surface area contributed by atoms with Gasteiger partial charge in [-0.3, -0.25) is 0 Å². The molecular formula is C50H42Cl3F6N7O7. The lowest BCUT2D eigenvalue weighted by Gasteiger charge is -2.17. The van der Waals surface area contributed by atoms with Crippen LogP contribution >= 0.6 is 34.8 Å². The number of rotatable bonds is 11. The zero-order chi connectivity index (χ0) is 53.2. The second-order valence-electron chi connectivity index (χ2n) is 15.3. The van der Waals surface area contributed by atoms with Crippen LogP contribution in [0.15, 0.2) is 109 Å². The molecular weight excluding hydrogens is 1030 g/mol. The zero-order valence-electron chi connectivity index (χ0n) is 38.5. The first-order chi connectivity index (χ1) is 34.6. The number of carbonyl (C=O) groups is 2. The van der Waals surface area contributed by atoms with Crippen molar-refractivity contribution in [2.75, 3.05) is 63.5 Å². The predicted molar refractivity (Wildman–Crippen MR) is 274 cm³/mol. The van der Waals surface area contributed by atoms with E-state index in [1.807, 2.05) is 109 Å². The summed E-state index contributed by atoms with van der Waals surface area (Å²) in [6.45, 7) is 2.55. The van der Waals surface area contributed by atoms with Gasteiger partial charge in [0.05, 0.1) is 71.5 Å². The van der Waals surface area contributed by atoms with Gasteiger partial charge in [-0.1, -0.05) is 34.8 Å². The minimum atomic E-state index is -5.08. The molecule has 382 valence electrons. The Balaban J connectivity index is 0.000000206. The first-order valence-electron chi connectivity index (χ1n) is 21.4. The van der Waals surface area contributed by atoms with Gasteiger partial charge in [-0.2, -0.15) is 26.3 Å². The molecule has 0 aliphatic rings. The van der Waals surface area contributed by atoms with Crippen LogP contribution in [0, 0.1) is 0 Å². The summed E-state index contributed by atoms with van der Waals surface area (Å²) in [5, 5.41) is 32.9. The molecule has 0 unspecified atom stereocenters. The lowest BCUT2D eigenvalue weighted by molar-refractivity contribution is -0.193. The average molecular weight is 1070 g/mol. The fourth-order valence-corrected chi connectivity index (χ4v) is 7.71. The number of fused-ring (bicyclic) bond motifs is 6. The molecule has 3 heterocycles. The standard InChI is InChI=1S/C30H24Cl2N4O2.C16H16ClN3O.2C2HF3O2/c1-37-19-5-9-25-23(15-19)29(21-7-3-17(31)13-27(21)35-25)33-11-12-34-30-22-8-4-18(32)14-28(22)36-26-10-6-20(38-2)16-24(26)30;1-21-11-3-5-14-13(9-11)16(19-7-6-18)12-4-2-10(17)8-15(12)20-14;2*3-2(4,5)1(6)7/h3-10,13-16H,11-12H2,1-2H3,(H,33,35)(H,34,36);2-5,8-9H,6-7,18H2,1H3,(H,19,20);2*(H,6,7). The van der Waals surface area contributed by atoms with Gasteiger partial charge in [0, 0.05) is 73.6 Å². The Morgan fingerprint density at radius 2 is 0.740 bits per heavy atom. The van der Waals surface area contributed by atoms with E-state index in [2.05, 4.69) is 20.9 Å². The zero-order valence-corrected chi connectivity index (χ0v) is 40.7. The van der Waals surface area contributed by atoms with Crippen LogP contribution in [-0.2, 0) is 9.59 Å². The number of pyridine rings is 3. The second-order valence-corrected chi connectivity index (χ2v) is 16.6. The van der Waals surface area contributed by atoms with Crippen LogP contribution in [0.5, 0.6) is 17.2 Å². The Hall–Kier alpha value is -7.52. The molecule has 9 rings (SSSR count). The third-order valence-corrected chi connectivity index (χ3v) is 11.2. The van der Waals surface area contributed by atoms with Crippen LogP contribution in [0.3, 0.4) is 0 Å². The van der Waals surface area contributed by atoms with Crippen molar-refractivity contribution >= 4 is 129 Å². The number of halogens is 9. The number of hydrogen-bond donors (Lipinski definition) is 6. The molecule has 0 radical (unpaired) electrons. The first kappa shape index (κ1) is 54.8. The van der Waals surface area contributed by atoms with Crippen molar-refractivity contribution in [3.8, 4) is 17.2 Å². The molecule has 3 aromatic heterocycles. The number of nitrogens with two attached hydrogens (primary N) is 1. The molecule has 7 N–H and O–H groups in total.